The van der Waals surface area contributed by atoms with Gasteiger partial charge in [0.2, 0.25) is 0 Å². The molecule has 0 bridgehead atoms. The highest BCUT2D eigenvalue weighted by Crippen LogP contribution is 2.34. The van der Waals surface area contributed by atoms with E-state index in [1.54, 1.807) is 0 Å². The van der Waals surface area contributed by atoms with Crippen LogP contribution in [0.2, 0.25) is 0 Å². The van der Waals surface area contributed by atoms with Gasteiger partial charge < -0.3 is 0 Å². The average Bonchev–Trinajstić information content (AvgIpc) is 2.34. The molecule has 0 radical (unpaired) electrons. The minimum absolute atomic E-state index is 0.295. The van der Waals surface area contributed by atoms with Gasteiger partial charge in [-0.05, 0) is 42.9 Å². The van der Waals surface area contributed by atoms with Crippen molar-refractivity contribution in [2.75, 3.05) is 0 Å². The first-order chi connectivity index (χ1) is 7.83. The molecule has 1 heterocycles. The Morgan fingerprint density at radius 3 is 2.75 bits per heavy atom. The van der Waals surface area contributed by atoms with Gasteiger partial charge in [0.25, 0.3) is 0 Å². The largest absolute Gasteiger partial charge is 0.271 e. The monoisotopic (exact) mass is 219 g/mol. The van der Waals surface area contributed by atoms with Crippen molar-refractivity contribution in [1.82, 2.24) is 10.4 Å². The van der Waals surface area contributed by atoms with Crippen LogP contribution in [0.25, 0.3) is 0 Å². The van der Waals surface area contributed by atoms with E-state index in [2.05, 4.69) is 23.4 Å². The first-order valence-electron chi connectivity index (χ1n) is 6.19. The van der Waals surface area contributed by atoms with E-state index >= 15 is 0 Å². The van der Waals surface area contributed by atoms with Crippen molar-refractivity contribution in [3.8, 4) is 0 Å². The van der Waals surface area contributed by atoms with Crippen LogP contribution in [0.1, 0.15) is 49.3 Å². The smallest absolute Gasteiger partial charge is 0.0491 e. The fourth-order valence-electron chi connectivity index (χ4n) is 2.78. The van der Waals surface area contributed by atoms with Gasteiger partial charge in [0.05, 0.1) is 0 Å². The fourth-order valence-corrected chi connectivity index (χ4v) is 2.78. The first kappa shape index (κ1) is 11.6. The molecule has 1 saturated carbocycles. The van der Waals surface area contributed by atoms with E-state index in [1.807, 2.05) is 12.4 Å². The molecule has 0 amide bonds. The Labute approximate surface area is 97.4 Å². The first-order valence-corrected chi connectivity index (χ1v) is 6.19. The van der Waals surface area contributed by atoms with E-state index in [-0.39, 0.29) is 0 Å². The molecule has 88 valence electrons. The van der Waals surface area contributed by atoms with Crippen LogP contribution in [0, 0.1) is 12.8 Å². The standard InChI is InChI=1S/C13H21N3/c1-10-9-15-8-7-12(10)13(16-14)11-5-3-2-4-6-11/h7-9,11,13,16H,2-6,14H2,1H3. The molecule has 1 atom stereocenters. The third-order valence-electron chi connectivity index (χ3n) is 3.70. The molecule has 0 aromatic carbocycles. The van der Waals surface area contributed by atoms with Gasteiger partial charge in [-0.2, -0.15) is 0 Å². The second kappa shape index (κ2) is 5.41. The minimum Gasteiger partial charge on any atom is -0.271 e. The van der Waals surface area contributed by atoms with E-state index in [1.165, 1.54) is 43.2 Å². The summed E-state index contributed by atoms with van der Waals surface area (Å²) in [4.78, 5) is 4.14. The molecule has 2 rings (SSSR count). The Hall–Kier alpha value is -0.930. The number of nitrogens with one attached hydrogen (secondary N) is 1. The quantitative estimate of drug-likeness (QED) is 0.606. The maximum absolute atomic E-state index is 5.73. The number of nitrogens with zero attached hydrogens (tertiary/aromatic N) is 1. The van der Waals surface area contributed by atoms with Crippen LogP contribution in [0.15, 0.2) is 18.5 Å². The highest BCUT2D eigenvalue weighted by atomic mass is 15.2. The lowest BCUT2D eigenvalue weighted by Gasteiger charge is -2.30. The lowest BCUT2D eigenvalue weighted by Crippen LogP contribution is -2.35. The van der Waals surface area contributed by atoms with Gasteiger partial charge in [0.15, 0.2) is 0 Å². The number of pyridine rings is 1. The molecule has 1 aromatic rings. The lowest BCUT2D eigenvalue weighted by molar-refractivity contribution is 0.273. The summed E-state index contributed by atoms with van der Waals surface area (Å²) < 4.78 is 0. The molecular formula is C13H21N3. The topological polar surface area (TPSA) is 50.9 Å². The van der Waals surface area contributed by atoms with Crippen LogP contribution in [-0.4, -0.2) is 4.98 Å². The highest BCUT2D eigenvalue weighted by molar-refractivity contribution is 5.25. The van der Waals surface area contributed by atoms with E-state index in [9.17, 15) is 0 Å². The minimum atomic E-state index is 0.295. The molecule has 3 nitrogen and oxygen atoms in total. The molecule has 1 fully saturated rings. The SMILES string of the molecule is Cc1cnccc1C(NN)C1CCCCC1. The van der Waals surface area contributed by atoms with Crippen LogP contribution >= 0.6 is 0 Å². The predicted octanol–water partition coefficient (Wildman–Crippen LogP) is 2.47. The van der Waals surface area contributed by atoms with E-state index in [0.717, 1.165) is 0 Å². The number of hydrogen-bond acceptors (Lipinski definition) is 3. The molecule has 0 aliphatic heterocycles. The van der Waals surface area contributed by atoms with Crippen molar-refractivity contribution in [2.24, 2.45) is 11.8 Å². The summed E-state index contributed by atoms with van der Waals surface area (Å²) in [5.41, 5.74) is 5.54. The number of rotatable bonds is 3. The van der Waals surface area contributed by atoms with E-state index in [4.69, 9.17) is 5.84 Å². The zero-order valence-corrected chi connectivity index (χ0v) is 9.95. The number of aromatic nitrogens is 1. The number of hydrogen-bond donors (Lipinski definition) is 2. The third-order valence-corrected chi connectivity index (χ3v) is 3.70. The maximum Gasteiger partial charge on any atom is 0.0491 e. The van der Waals surface area contributed by atoms with Gasteiger partial charge in [-0.3, -0.25) is 16.3 Å². The van der Waals surface area contributed by atoms with Crippen LogP contribution in [0.5, 0.6) is 0 Å². The van der Waals surface area contributed by atoms with Crippen molar-refractivity contribution in [1.29, 1.82) is 0 Å². The van der Waals surface area contributed by atoms with Crippen molar-refractivity contribution in [2.45, 2.75) is 45.1 Å². The zero-order chi connectivity index (χ0) is 11.4. The molecule has 3 N–H and O–H groups in total. The Balaban J connectivity index is 2.18. The van der Waals surface area contributed by atoms with Gasteiger partial charge in [-0.25, -0.2) is 0 Å². The zero-order valence-electron chi connectivity index (χ0n) is 9.95. The van der Waals surface area contributed by atoms with Crippen LogP contribution in [0.4, 0.5) is 0 Å². The van der Waals surface area contributed by atoms with Crippen molar-refractivity contribution in [3.05, 3.63) is 29.6 Å². The third kappa shape index (κ3) is 2.42. The molecule has 1 aliphatic rings. The molecule has 16 heavy (non-hydrogen) atoms. The Kier molecular flexibility index (Phi) is 3.91. The van der Waals surface area contributed by atoms with Gasteiger partial charge in [0, 0.05) is 18.4 Å². The molecule has 0 saturated heterocycles. The van der Waals surface area contributed by atoms with Gasteiger partial charge in [-0.15, -0.1) is 0 Å². The number of nitrogens with two attached hydrogens (primary N) is 1. The van der Waals surface area contributed by atoms with Gasteiger partial charge >= 0.3 is 0 Å². The number of hydrazine groups is 1. The highest BCUT2D eigenvalue weighted by Gasteiger charge is 2.24. The second-order valence-corrected chi connectivity index (χ2v) is 4.77. The predicted molar refractivity (Wildman–Crippen MR) is 65.6 cm³/mol. The van der Waals surface area contributed by atoms with Crippen molar-refractivity contribution < 1.29 is 0 Å². The van der Waals surface area contributed by atoms with Gasteiger partial charge in [0.1, 0.15) is 0 Å². The molecule has 0 spiro atoms. The van der Waals surface area contributed by atoms with Crippen molar-refractivity contribution in [3.63, 3.8) is 0 Å². The summed E-state index contributed by atoms with van der Waals surface area (Å²) >= 11 is 0. The second-order valence-electron chi connectivity index (χ2n) is 4.77. The maximum atomic E-state index is 5.73. The number of aryl methyl sites for hydroxylation is 1. The van der Waals surface area contributed by atoms with Crippen LogP contribution in [0.3, 0.4) is 0 Å². The summed E-state index contributed by atoms with van der Waals surface area (Å²) in [6, 6.07) is 2.39. The Bertz CT molecular complexity index is 332. The summed E-state index contributed by atoms with van der Waals surface area (Å²) in [7, 11) is 0. The fraction of sp³-hybridized carbons (Fsp3) is 0.615. The molecule has 1 unspecified atom stereocenters. The van der Waals surface area contributed by atoms with Crippen LogP contribution in [-0.2, 0) is 0 Å². The molecule has 1 aromatic heterocycles. The normalized spacial score (nSPS) is 19.6. The van der Waals surface area contributed by atoms with E-state index < -0.39 is 0 Å². The molecular weight excluding hydrogens is 198 g/mol. The van der Waals surface area contributed by atoms with Crippen molar-refractivity contribution >= 4 is 0 Å². The summed E-state index contributed by atoms with van der Waals surface area (Å²) in [6.45, 7) is 2.11. The summed E-state index contributed by atoms with van der Waals surface area (Å²) in [5, 5.41) is 0. The Morgan fingerprint density at radius 2 is 2.12 bits per heavy atom. The molecule has 1 aliphatic carbocycles. The van der Waals surface area contributed by atoms with Gasteiger partial charge in [-0.1, -0.05) is 19.3 Å². The summed E-state index contributed by atoms with van der Waals surface area (Å²) in [5.74, 6) is 6.41. The lowest BCUT2D eigenvalue weighted by atomic mass is 9.81. The van der Waals surface area contributed by atoms with Crippen LogP contribution < -0.4 is 11.3 Å². The average molecular weight is 219 g/mol. The summed E-state index contributed by atoms with van der Waals surface area (Å²) in [6.07, 6.45) is 10.4. The Morgan fingerprint density at radius 1 is 1.38 bits per heavy atom. The van der Waals surface area contributed by atoms with E-state index in [0.29, 0.717) is 12.0 Å². The molecule has 3 heteroatoms.